The summed E-state index contributed by atoms with van der Waals surface area (Å²) in [6.07, 6.45) is 0. The van der Waals surface area contributed by atoms with Crippen LogP contribution in [-0.2, 0) is 10.0 Å². The van der Waals surface area contributed by atoms with Crippen molar-refractivity contribution in [3.05, 3.63) is 74.3 Å². The lowest BCUT2D eigenvalue weighted by molar-refractivity contribution is -0.385. The van der Waals surface area contributed by atoms with Crippen molar-refractivity contribution in [1.29, 1.82) is 0 Å². The molecule has 136 valence electrons. The maximum absolute atomic E-state index is 12.9. The van der Waals surface area contributed by atoms with Gasteiger partial charge >= 0.3 is 0 Å². The molecule has 0 amide bonds. The highest BCUT2D eigenvalue weighted by molar-refractivity contribution is 8.01. The van der Waals surface area contributed by atoms with Gasteiger partial charge in [0, 0.05) is 36.6 Å². The van der Waals surface area contributed by atoms with E-state index in [4.69, 9.17) is 0 Å². The number of nitro groups is 2. The molecule has 9 nitrogen and oxygen atoms in total. The van der Waals surface area contributed by atoms with Crippen LogP contribution >= 0.6 is 11.8 Å². The largest absolute Gasteiger partial charge is 0.269 e. The van der Waals surface area contributed by atoms with Crippen LogP contribution in [0.1, 0.15) is 10.9 Å². The molecule has 1 heterocycles. The number of sulfonamides is 1. The molecule has 26 heavy (non-hydrogen) atoms. The first-order valence-corrected chi connectivity index (χ1v) is 9.92. The van der Waals surface area contributed by atoms with Crippen LogP contribution in [0.15, 0.2) is 53.4 Å². The minimum absolute atomic E-state index is 0.0546. The molecule has 3 rings (SSSR count). The molecule has 0 aromatic heterocycles. The van der Waals surface area contributed by atoms with Gasteiger partial charge in [0.25, 0.3) is 11.4 Å². The first-order valence-electron chi connectivity index (χ1n) is 7.43. The van der Waals surface area contributed by atoms with Gasteiger partial charge in [0.05, 0.1) is 20.1 Å². The monoisotopic (exact) mass is 395 g/mol. The summed E-state index contributed by atoms with van der Waals surface area (Å²) < 4.78 is 27.1. The molecular formula is C15H13N3O6S2. The Morgan fingerprint density at radius 3 is 2.27 bits per heavy atom. The maximum Gasteiger partial charge on any atom is 0.269 e. The zero-order valence-corrected chi connectivity index (χ0v) is 14.9. The molecule has 11 heteroatoms. The second kappa shape index (κ2) is 7.02. The second-order valence-electron chi connectivity index (χ2n) is 5.44. The molecule has 1 atom stereocenters. The molecule has 1 saturated heterocycles. The van der Waals surface area contributed by atoms with Gasteiger partial charge < -0.3 is 0 Å². The number of benzene rings is 2. The van der Waals surface area contributed by atoms with E-state index >= 15 is 0 Å². The molecule has 1 aliphatic rings. The number of rotatable bonds is 5. The van der Waals surface area contributed by atoms with Crippen molar-refractivity contribution < 1.29 is 18.3 Å². The summed E-state index contributed by atoms with van der Waals surface area (Å²) in [5.41, 5.74) is 0.213. The van der Waals surface area contributed by atoms with Crippen LogP contribution in [0.4, 0.5) is 11.4 Å². The van der Waals surface area contributed by atoms with E-state index in [0.717, 1.165) is 12.1 Å². The van der Waals surface area contributed by atoms with Gasteiger partial charge in [0.2, 0.25) is 10.0 Å². The van der Waals surface area contributed by atoms with Crippen molar-refractivity contribution in [1.82, 2.24) is 4.31 Å². The van der Waals surface area contributed by atoms with Gasteiger partial charge in [-0.3, -0.25) is 20.2 Å². The third-order valence-electron chi connectivity index (χ3n) is 3.87. The van der Waals surface area contributed by atoms with E-state index in [-0.39, 0.29) is 22.8 Å². The summed E-state index contributed by atoms with van der Waals surface area (Å²) in [5.74, 6) is 0.541. The summed E-state index contributed by atoms with van der Waals surface area (Å²) in [5, 5.41) is 21.1. The maximum atomic E-state index is 12.9. The van der Waals surface area contributed by atoms with E-state index in [1.165, 1.54) is 46.4 Å². The molecule has 0 saturated carbocycles. The van der Waals surface area contributed by atoms with E-state index in [9.17, 15) is 28.6 Å². The van der Waals surface area contributed by atoms with Crippen molar-refractivity contribution in [2.24, 2.45) is 0 Å². The Morgan fingerprint density at radius 1 is 1.00 bits per heavy atom. The SMILES string of the molecule is O=[N+]([O-])c1ccc(S(=O)(=O)N2CCSC2c2cccc([N+](=O)[O-])c2)cc1. The normalized spacial score (nSPS) is 17.9. The number of nitro benzene ring substituents is 2. The fourth-order valence-corrected chi connectivity index (χ4v) is 5.86. The number of hydrogen-bond donors (Lipinski definition) is 0. The third-order valence-corrected chi connectivity index (χ3v) is 7.14. The van der Waals surface area contributed by atoms with Crippen molar-refractivity contribution in [3.8, 4) is 0 Å². The quantitative estimate of drug-likeness (QED) is 0.563. The van der Waals surface area contributed by atoms with Crippen LogP contribution in [0.3, 0.4) is 0 Å². The third kappa shape index (κ3) is 3.41. The molecule has 2 aromatic rings. The molecule has 2 aromatic carbocycles. The van der Waals surface area contributed by atoms with Gasteiger partial charge in [-0.1, -0.05) is 12.1 Å². The highest BCUT2D eigenvalue weighted by atomic mass is 32.2. The minimum Gasteiger partial charge on any atom is -0.258 e. The smallest absolute Gasteiger partial charge is 0.258 e. The lowest BCUT2D eigenvalue weighted by Crippen LogP contribution is -2.30. The summed E-state index contributed by atoms with van der Waals surface area (Å²) in [7, 11) is -3.89. The van der Waals surface area contributed by atoms with E-state index in [0.29, 0.717) is 11.3 Å². The van der Waals surface area contributed by atoms with Gasteiger partial charge in [-0.15, -0.1) is 11.8 Å². The van der Waals surface area contributed by atoms with Crippen LogP contribution < -0.4 is 0 Å². The average molecular weight is 395 g/mol. The van der Waals surface area contributed by atoms with Crippen LogP contribution in [-0.4, -0.2) is 34.9 Å². The molecule has 0 spiro atoms. The second-order valence-corrected chi connectivity index (χ2v) is 8.52. The number of nitrogens with zero attached hydrogens (tertiary/aromatic N) is 3. The number of non-ortho nitro benzene ring substituents is 2. The first kappa shape index (κ1) is 18.3. The molecular weight excluding hydrogens is 382 g/mol. The van der Waals surface area contributed by atoms with E-state index in [1.807, 2.05) is 0 Å². The zero-order chi connectivity index (χ0) is 18.9. The summed E-state index contributed by atoms with van der Waals surface area (Å²) in [4.78, 5) is 20.5. The van der Waals surface area contributed by atoms with Crippen molar-refractivity contribution in [3.63, 3.8) is 0 Å². The van der Waals surface area contributed by atoms with Gasteiger partial charge in [0.15, 0.2) is 0 Å². The molecule has 1 aliphatic heterocycles. The van der Waals surface area contributed by atoms with Gasteiger partial charge in [-0.25, -0.2) is 8.42 Å². The Hall–Kier alpha value is -2.50. The lowest BCUT2D eigenvalue weighted by atomic mass is 10.2. The van der Waals surface area contributed by atoms with E-state index in [1.54, 1.807) is 6.07 Å². The molecule has 0 radical (unpaired) electrons. The number of hydrogen-bond acceptors (Lipinski definition) is 7. The Kier molecular flexibility index (Phi) is 4.94. The Bertz CT molecular complexity index is 962. The summed E-state index contributed by atoms with van der Waals surface area (Å²) in [6.45, 7) is 0.247. The van der Waals surface area contributed by atoms with Crippen molar-refractivity contribution in [2.75, 3.05) is 12.3 Å². The highest BCUT2D eigenvalue weighted by Crippen LogP contribution is 2.42. The average Bonchev–Trinajstić information content (AvgIpc) is 3.12. The molecule has 0 bridgehead atoms. The van der Waals surface area contributed by atoms with Crippen LogP contribution in [0.5, 0.6) is 0 Å². The summed E-state index contributed by atoms with van der Waals surface area (Å²) >= 11 is 1.37. The fraction of sp³-hybridized carbons (Fsp3) is 0.200. The van der Waals surface area contributed by atoms with Crippen LogP contribution in [0, 0.1) is 20.2 Å². The Morgan fingerprint density at radius 2 is 1.65 bits per heavy atom. The Labute approximate surface area is 153 Å². The molecule has 1 unspecified atom stereocenters. The number of thioether (sulfide) groups is 1. The van der Waals surface area contributed by atoms with Gasteiger partial charge in [0.1, 0.15) is 0 Å². The van der Waals surface area contributed by atoms with Gasteiger partial charge in [-0.2, -0.15) is 4.31 Å². The molecule has 0 aliphatic carbocycles. The predicted octanol–water partition coefficient (Wildman–Crippen LogP) is 2.94. The zero-order valence-electron chi connectivity index (χ0n) is 13.2. The molecule has 0 N–H and O–H groups in total. The standard InChI is InChI=1S/C15H13N3O6S2/c19-17(20)12-4-6-14(7-5-12)26(23,24)16-8-9-25-15(16)11-2-1-3-13(10-11)18(21)22/h1-7,10,15H,8-9H2. The van der Waals surface area contributed by atoms with Crippen molar-refractivity contribution >= 4 is 33.2 Å². The minimum atomic E-state index is -3.89. The van der Waals surface area contributed by atoms with E-state index < -0.39 is 25.2 Å². The van der Waals surface area contributed by atoms with E-state index in [2.05, 4.69) is 0 Å². The van der Waals surface area contributed by atoms with Crippen molar-refractivity contribution in [2.45, 2.75) is 10.3 Å². The highest BCUT2D eigenvalue weighted by Gasteiger charge is 2.37. The topological polar surface area (TPSA) is 124 Å². The lowest BCUT2D eigenvalue weighted by Gasteiger charge is -2.23. The van der Waals surface area contributed by atoms with Crippen LogP contribution in [0.2, 0.25) is 0 Å². The van der Waals surface area contributed by atoms with Gasteiger partial charge in [-0.05, 0) is 17.7 Å². The van der Waals surface area contributed by atoms with Crippen LogP contribution in [0.25, 0.3) is 0 Å². The molecule has 1 fully saturated rings. The Balaban J connectivity index is 1.95. The fourth-order valence-electron chi connectivity index (χ4n) is 2.63. The predicted molar refractivity (Wildman–Crippen MR) is 95.3 cm³/mol. The summed E-state index contributed by atoms with van der Waals surface area (Å²) in [6, 6.07) is 10.5. The first-order chi connectivity index (χ1) is 12.3.